The highest BCUT2D eigenvalue weighted by Gasteiger charge is 2.15. The maximum absolute atomic E-state index is 9.09. The quantitative estimate of drug-likeness (QED) is 0.648. The van der Waals surface area contributed by atoms with Crippen molar-refractivity contribution in [1.29, 1.82) is 5.26 Å². The number of alkyl halides is 1. The van der Waals surface area contributed by atoms with Gasteiger partial charge in [0.25, 0.3) is 0 Å². The van der Waals surface area contributed by atoms with Gasteiger partial charge in [0.15, 0.2) is 0 Å². The molecule has 0 amide bonds. The highest BCUT2D eigenvalue weighted by Crippen LogP contribution is 2.29. The Labute approximate surface area is 132 Å². The second-order valence-corrected chi connectivity index (χ2v) is 5.39. The number of hydrogen-bond donors (Lipinski definition) is 0. The summed E-state index contributed by atoms with van der Waals surface area (Å²) in [7, 11) is 0. The van der Waals surface area contributed by atoms with Crippen molar-refractivity contribution in [3.63, 3.8) is 0 Å². The summed E-state index contributed by atoms with van der Waals surface area (Å²) in [6.45, 7) is 2.00. The summed E-state index contributed by atoms with van der Waals surface area (Å²) in [5.41, 5.74) is 4.17. The highest BCUT2D eigenvalue weighted by atomic mass is 35.5. The lowest BCUT2D eigenvalue weighted by Gasteiger charge is -2.10. The van der Waals surface area contributed by atoms with Gasteiger partial charge in [-0.2, -0.15) is 5.26 Å². The molecule has 0 bridgehead atoms. The third-order valence-electron chi connectivity index (χ3n) is 3.39. The lowest BCUT2D eigenvalue weighted by molar-refractivity contribution is 0.981. The van der Waals surface area contributed by atoms with Crippen LogP contribution in [-0.4, -0.2) is 9.55 Å². The van der Waals surface area contributed by atoms with Crippen molar-refractivity contribution < 1.29 is 0 Å². The van der Waals surface area contributed by atoms with Crippen LogP contribution >= 0.6 is 23.2 Å². The first-order valence-electron chi connectivity index (χ1n) is 6.38. The van der Waals surface area contributed by atoms with E-state index >= 15 is 0 Å². The molecule has 5 heteroatoms. The number of benzene rings is 2. The summed E-state index contributed by atoms with van der Waals surface area (Å²) in [5, 5.41) is 9.65. The van der Waals surface area contributed by atoms with Crippen LogP contribution < -0.4 is 0 Å². The smallest absolute Gasteiger partial charge is 0.129 e. The van der Waals surface area contributed by atoms with Crippen LogP contribution in [0.1, 0.15) is 17.0 Å². The fourth-order valence-corrected chi connectivity index (χ4v) is 2.78. The van der Waals surface area contributed by atoms with Crippen LogP contribution in [0, 0.1) is 18.3 Å². The van der Waals surface area contributed by atoms with Crippen molar-refractivity contribution in [2.45, 2.75) is 12.8 Å². The minimum absolute atomic E-state index is 0.265. The molecule has 3 aromatic rings. The van der Waals surface area contributed by atoms with Crippen molar-refractivity contribution in [3.8, 4) is 11.8 Å². The van der Waals surface area contributed by atoms with Gasteiger partial charge in [0, 0.05) is 0 Å². The van der Waals surface area contributed by atoms with E-state index in [9.17, 15) is 0 Å². The average Bonchev–Trinajstić information content (AvgIpc) is 2.88. The van der Waals surface area contributed by atoms with E-state index in [0.717, 1.165) is 22.3 Å². The number of imidazole rings is 1. The van der Waals surface area contributed by atoms with E-state index in [-0.39, 0.29) is 5.88 Å². The predicted molar refractivity (Wildman–Crippen MR) is 85.1 cm³/mol. The first-order valence-corrected chi connectivity index (χ1v) is 7.30. The van der Waals surface area contributed by atoms with Crippen molar-refractivity contribution in [2.24, 2.45) is 0 Å². The van der Waals surface area contributed by atoms with E-state index in [2.05, 4.69) is 11.1 Å². The SMILES string of the molecule is Cc1cccc2c1nc(CCl)n2-c1cc(C#N)ccc1Cl. The van der Waals surface area contributed by atoms with E-state index in [4.69, 9.17) is 28.5 Å². The minimum Gasteiger partial charge on any atom is -0.294 e. The number of halogens is 2. The van der Waals surface area contributed by atoms with Crippen LogP contribution in [0.3, 0.4) is 0 Å². The zero-order valence-corrected chi connectivity index (χ0v) is 12.8. The number of aromatic nitrogens is 2. The topological polar surface area (TPSA) is 41.6 Å². The third-order valence-corrected chi connectivity index (χ3v) is 3.95. The molecule has 3 nitrogen and oxygen atoms in total. The van der Waals surface area contributed by atoms with E-state index < -0.39 is 0 Å². The minimum atomic E-state index is 0.265. The molecule has 0 atom stereocenters. The van der Waals surface area contributed by atoms with Crippen molar-refractivity contribution in [2.75, 3.05) is 0 Å². The molecule has 0 unspecified atom stereocenters. The Balaban J connectivity index is 2.39. The van der Waals surface area contributed by atoms with Gasteiger partial charge in [-0.3, -0.25) is 4.57 Å². The van der Waals surface area contributed by atoms with Crippen LogP contribution in [0.25, 0.3) is 16.7 Å². The Morgan fingerprint density at radius 3 is 2.81 bits per heavy atom. The summed E-state index contributed by atoms with van der Waals surface area (Å²) < 4.78 is 1.92. The van der Waals surface area contributed by atoms with Crippen LogP contribution in [0.15, 0.2) is 36.4 Å². The van der Waals surface area contributed by atoms with E-state index in [0.29, 0.717) is 16.4 Å². The van der Waals surface area contributed by atoms with Crippen LogP contribution in [0.5, 0.6) is 0 Å². The number of rotatable bonds is 2. The van der Waals surface area contributed by atoms with Gasteiger partial charge in [-0.1, -0.05) is 23.7 Å². The molecule has 0 spiro atoms. The number of nitrogens with zero attached hydrogens (tertiary/aromatic N) is 3. The Hall–Kier alpha value is -2.02. The molecule has 3 rings (SSSR count). The number of aryl methyl sites for hydroxylation is 1. The molecule has 0 aliphatic rings. The molecule has 1 heterocycles. The molecule has 104 valence electrons. The largest absolute Gasteiger partial charge is 0.294 e. The normalized spacial score (nSPS) is 10.8. The summed E-state index contributed by atoms with van der Waals surface area (Å²) >= 11 is 12.4. The van der Waals surface area contributed by atoms with Gasteiger partial charge in [-0.05, 0) is 36.8 Å². The number of hydrogen-bond acceptors (Lipinski definition) is 2. The first kappa shape index (κ1) is 13.9. The Morgan fingerprint density at radius 1 is 1.29 bits per heavy atom. The summed E-state index contributed by atoms with van der Waals surface area (Å²) in [6, 6.07) is 13.2. The first-order chi connectivity index (χ1) is 10.2. The predicted octanol–water partition coefficient (Wildman–Crippen LogP) is 4.60. The lowest BCUT2D eigenvalue weighted by atomic mass is 10.2. The monoisotopic (exact) mass is 315 g/mol. The molecule has 0 saturated carbocycles. The lowest BCUT2D eigenvalue weighted by Crippen LogP contribution is -2.00. The second kappa shape index (κ2) is 5.40. The molecular weight excluding hydrogens is 305 g/mol. The van der Waals surface area contributed by atoms with Crippen molar-refractivity contribution in [3.05, 3.63) is 58.4 Å². The molecular formula is C16H11Cl2N3. The zero-order chi connectivity index (χ0) is 15.0. The number of fused-ring (bicyclic) bond motifs is 1. The second-order valence-electron chi connectivity index (χ2n) is 4.72. The Morgan fingerprint density at radius 2 is 2.10 bits per heavy atom. The number of nitriles is 1. The maximum atomic E-state index is 9.09. The summed E-state index contributed by atoms with van der Waals surface area (Å²) in [4.78, 5) is 4.59. The van der Waals surface area contributed by atoms with Gasteiger partial charge in [0.1, 0.15) is 5.82 Å². The summed E-state index contributed by atoms with van der Waals surface area (Å²) in [5.74, 6) is 0.972. The molecule has 2 aromatic carbocycles. The van der Waals surface area contributed by atoms with Gasteiger partial charge < -0.3 is 0 Å². The molecule has 0 aliphatic heterocycles. The number of para-hydroxylation sites is 1. The molecule has 1 aromatic heterocycles. The molecule has 0 aliphatic carbocycles. The van der Waals surface area contributed by atoms with Gasteiger partial charge in [0.2, 0.25) is 0 Å². The van der Waals surface area contributed by atoms with E-state index in [1.54, 1.807) is 18.2 Å². The Bertz CT molecular complexity index is 875. The Kier molecular flexibility index (Phi) is 3.59. The summed E-state index contributed by atoms with van der Waals surface area (Å²) in [6.07, 6.45) is 0. The van der Waals surface area contributed by atoms with Gasteiger partial charge in [-0.25, -0.2) is 4.98 Å². The molecule has 0 radical (unpaired) electrons. The zero-order valence-electron chi connectivity index (χ0n) is 11.3. The van der Waals surface area contributed by atoms with Crippen molar-refractivity contribution in [1.82, 2.24) is 9.55 Å². The van der Waals surface area contributed by atoms with Crippen LogP contribution in [0.4, 0.5) is 0 Å². The molecule has 0 saturated heterocycles. The highest BCUT2D eigenvalue weighted by molar-refractivity contribution is 6.32. The third kappa shape index (κ3) is 2.27. The maximum Gasteiger partial charge on any atom is 0.129 e. The standard InChI is InChI=1S/C16H11Cl2N3/c1-10-3-2-4-13-16(10)20-15(8-17)21(13)14-7-11(9-19)5-6-12(14)18/h2-7H,8H2,1H3. The fraction of sp³-hybridized carbons (Fsp3) is 0.125. The van der Waals surface area contributed by atoms with E-state index in [1.165, 1.54) is 0 Å². The van der Waals surface area contributed by atoms with Crippen LogP contribution in [0.2, 0.25) is 5.02 Å². The van der Waals surface area contributed by atoms with Crippen LogP contribution in [-0.2, 0) is 5.88 Å². The van der Waals surface area contributed by atoms with Gasteiger partial charge in [-0.15, -0.1) is 11.6 Å². The van der Waals surface area contributed by atoms with Gasteiger partial charge >= 0.3 is 0 Å². The molecule has 0 fully saturated rings. The molecule has 21 heavy (non-hydrogen) atoms. The van der Waals surface area contributed by atoms with Crippen molar-refractivity contribution >= 4 is 34.2 Å². The van der Waals surface area contributed by atoms with E-state index in [1.807, 2.05) is 29.7 Å². The molecule has 0 N–H and O–H groups in total. The average molecular weight is 316 g/mol. The fourth-order valence-electron chi connectivity index (χ4n) is 2.40. The van der Waals surface area contributed by atoms with Gasteiger partial charge in [0.05, 0.1) is 39.3 Å².